The Labute approximate surface area is 168 Å². The van der Waals surface area contributed by atoms with Crippen molar-refractivity contribution in [2.45, 2.75) is 6.61 Å². The van der Waals surface area contributed by atoms with Crippen LogP contribution in [0.5, 0.6) is 5.75 Å². The van der Waals surface area contributed by atoms with Gasteiger partial charge in [0.25, 0.3) is 0 Å². The number of rotatable bonds is 5. The third-order valence-electron chi connectivity index (χ3n) is 4.66. The van der Waals surface area contributed by atoms with Crippen LogP contribution in [-0.4, -0.2) is 9.55 Å². The number of hydrogen-bond acceptors (Lipinski definition) is 3. The van der Waals surface area contributed by atoms with E-state index in [1.165, 1.54) is 12.1 Å². The van der Waals surface area contributed by atoms with Crippen LogP contribution >= 0.6 is 0 Å². The molecule has 4 aromatic rings. The van der Waals surface area contributed by atoms with E-state index in [1.54, 1.807) is 12.1 Å². The molecule has 0 spiro atoms. The number of fused-ring (bicyclic) bond motifs is 1. The molecule has 0 fully saturated rings. The molecule has 0 atom stereocenters. The van der Waals surface area contributed by atoms with E-state index < -0.39 is 0 Å². The fourth-order valence-electron chi connectivity index (χ4n) is 3.11. The summed E-state index contributed by atoms with van der Waals surface area (Å²) in [6, 6.07) is 23.7. The van der Waals surface area contributed by atoms with Gasteiger partial charge in [-0.25, -0.2) is 9.37 Å². The van der Waals surface area contributed by atoms with Crippen molar-refractivity contribution in [1.29, 1.82) is 5.26 Å². The Hall–Kier alpha value is -3.91. The number of imidazole rings is 1. The molecule has 0 saturated carbocycles. The molecule has 5 heteroatoms. The second kappa shape index (κ2) is 7.99. The van der Waals surface area contributed by atoms with Gasteiger partial charge in [0.1, 0.15) is 24.2 Å². The summed E-state index contributed by atoms with van der Waals surface area (Å²) in [5.74, 6) is 1.07. The Morgan fingerprint density at radius 1 is 1.07 bits per heavy atom. The van der Waals surface area contributed by atoms with Crippen molar-refractivity contribution < 1.29 is 9.13 Å². The van der Waals surface area contributed by atoms with E-state index in [9.17, 15) is 9.65 Å². The Bertz CT molecular complexity index is 1220. The number of ether oxygens (including phenoxy) is 1. The molecule has 0 aliphatic rings. The standard InChI is InChI=1S/C24H18FN3O/c1-28-23-5-3-2-4-22(23)27-24(28)19(15-26)14-17-8-12-21(13-9-17)29-16-18-6-10-20(25)11-7-18/h2-14H,16H2,1H3. The van der Waals surface area contributed by atoms with Gasteiger partial charge in [0, 0.05) is 7.05 Å². The molecule has 0 bridgehead atoms. The van der Waals surface area contributed by atoms with Crippen LogP contribution in [0.4, 0.5) is 4.39 Å². The van der Waals surface area contributed by atoms with Crippen LogP contribution in [0.15, 0.2) is 72.8 Å². The Morgan fingerprint density at radius 3 is 2.48 bits per heavy atom. The summed E-state index contributed by atoms with van der Waals surface area (Å²) in [5.41, 5.74) is 4.10. The van der Waals surface area contributed by atoms with Crippen molar-refractivity contribution in [2.24, 2.45) is 7.05 Å². The number of benzene rings is 3. The molecular formula is C24H18FN3O. The minimum atomic E-state index is -0.265. The maximum atomic E-state index is 13.0. The zero-order chi connectivity index (χ0) is 20.2. The van der Waals surface area contributed by atoms with Gasteiger partial charge in [0.05, 0.1) is 16.6 Å². The molecule has 0 aliphatic carbocycles. The first kappa shape index (κ1) is 18.5. The molecule has 0 amide bonds. The normalized spacial score (nSPS) is 11.4. The Kier molecular flexibility index (Phi) is 5.08. The highest BCUT2D eigenvalue weighted by atomic mass is 19.1. The maximum Gasteiger partial charge on any atom is 0.151 e. The topological polar surface area (TPSA) is 50.8 Å². The molecule has 0 unspecified atom stereocenters. The SMILES string of the molecule is Cn1c(C(C#N)=Cc2ccc(OCc3ccc(F)cc3)cc2)nc2ccccc21. The van der Waals surface area contributed by atoms with E-state index >= 15 is 0 Å². The van der Waals surface area contributed by atoms with Crippen LogP contribution in [-0.2, 0) is 13.7 Å². The van der Waals surface area contributed by atoms with Crippen LogP contribution in [0, 0.1) is 17.1 Å². The number of aromatic nitrogens is 2. The minimum absolute atomic E-state index is 0.265. The first-order chi connectivity index (χ1) is 14.1. The van der Waals surface area contributed by atoms with E-state index in [0.717, 1.165) is 22.2 Å². The lowest BCUT2D eigenvalue weighted by Gasteiger charge is -2.07. The summed E-state index contributed by atoms with van der Waals surface area (Å²) in [6.07, 6.45) is 1.81. The van der Waals surface area contributed by atoms with E-state index in [1.807, 2.05) is 66.2 Å². The largest absolute Gasteiger partial charge is 0.489 e. The fourth-order valence-corrected chi connectivity index (χ4v) is 3.11. The van der Waals surface area contributed by atoms with Gasteiger partial charge >= 0.3 is 0 Å². The fraction of sp³-hybridized carbons (Fsp3) is 0.0833. The first-order valence-electron chi connectivity index (χ1n) is 9.15. The quantitative estimate of drug-likeness (QED) is 0.436. The smallest absolute Gasteiger partial charge is 0.151 e. The number of nitriles is 1. The van der Waals surface area contributed by atoms with Crippen LogP contribution < -0.4 is 4.74 Å². The maximum absolute atomic E-state index is 13.0. The van der Waals surface area contributed by atoms with Gasteiger partial charge in [-0.2, -0.15) is 5.26 Å². The lowest BCUT2D eigenvalue weighted by atomic mass is 10.1. The monoisotopic (exact) mass is 383 g/mol. The third-order valence-corrected chi connectivity index (χ3v) is 4.66. The van der Waals surface area contributed by atoms with Crippen LogP contribution in [0.2, 0.25) is 0 Å². The minimum Gasteiger partial charge on any atom is -0.489 e. The Balaban J connectivity index is 1.52. The van der Waals surface area contributed by atoms with E-state index in [0.29, 0.717) is 23.8 Å². The zero-order valence-corrected chi connectivity index (χ0v) is 15.8. The van der Waals surface area contributed by atoms with Gasteiger partial charge in [0.15, 0.2) is 5.82 Å². The summed E-state index contributed by atoms with van der Waals surface area (Å²) < 4.78 is 20.6. The lowest BCUT2D eigenvalue weighted by molar-refractivity contribution is 0.306. The second-order valence-electron chi connectivity index (χ2n) is 6.64. The lowest BCUT2D eigenvalue weighted by Crippen LogP contribution is -1.96. The average molecular weight is 383 g/mol. The van der Waals surface area contributed by atoms with E-state index in [-0.39, 0.29) is 5.82 Å². The van der Waals surface area contributed by atoms with Crippen molar-refractivity contribution in [2.75, 3.05) is 0 Å². The highest BCUT2D eigenvalue weighted by Crippen LogP contribution is 2.23. The summed E-state index contributed by atoms with van der Waals surface area (Å²) in [5, 5.41) is 9.65. The van der Waals surface area contributed by atoms with Crippen molar-refractivity contribution in [3.8, 4) is 11.8 Å². The van der Waals surface area contributed by atoms with Crippen molar-refractivity contribution >= 4 is 22.7 Å². The molecule has 1 aromatic heterocycles. The summed E-state index contributed by atoms with van der Waals surface area (Å²) in [7, 11) is 1.90. The summed E-state index contributed by atoms with van der Waals surface area (Å²) >= 11 is 0. The molecule has 29 heavy (non-hydrogen) atoms. The zero-order valence-electron chi connectivity index (χ0n) is 15.8. The molecule has 0 radical (unpaired) electrons. The average Bonchev–Trinajstić information content (AvgIpc) is 3.09. The van der Waals surface area contributed by atoms with Crippen molar-refractivity contribution in [3.63, 3.8) is 0 Å². The number of para-hydroxylation sites is 2. The molecule has 3 aromatic carbocycles. The van der Waals surface area contributed by atoms with Crippen molar-refractivity contribution in [3.05, 3.63) is 95.6 Å². The number of aryl methyl sites for hydroxylation is 1. The van der Waals surface area contributed by atoms with E-state index in [4.69, 9.17) is 4.74 Å². The number of hydrogen-bond donors (Lipinski definition) is 0. The van der Waals surface area contributed by atoms with Crippen LogP contribution in [0.1, 0.15) is 17.0 Å². The van der Waals surface area contributed by atoms with Gasteiger partial charge in [-0.15, -0.1) is 0 Å². The van der Waals surface area contributed by atoms with Gasteiger partial charge in [-0.05, 0) is 53.6 Å². The van der Waals surface area contributed by atoms with E-state index in [2.05, 4.69) is 11.1 Å². The molecule has 0 saturated heterocycles. The summed E-state index contributed by atoms with van der Waals surface area (Å²) in [6.45, 7) is 0.360. The molecular weight excluding hydrogens is 365 g/mol. The number of nitrogens with zero attached hydrogens (tertiary/aromatic N) is 3. The highest BCUT2D eigenvalue weighted by molar-refractivity contribution is 5.90. The second-order valence-corrected chi connectivity index (χ2v) is 6.64. The van der Waals surface area contributed by atoms with Crippen LogP contribution in [0.3, 0.4) is 0 Å². The van der Waals surface area contributed by atoms with Gasteiger partial charge in [-0.3, -0.25) is 0 Å². The molecule has 4 nitrogen and oxygen atoms in total. The van der Waals surface area contributed by atoms with Gasteiger partial charge in [-0.1, -0.05) is 36.4 Å². The molecule has 0 N–H and O–H groups in total. The Morgan fingerprint density at radius 2 is 1.79 bits per heavy atom. The first-order valence-corrected chi connectivity index (χ1v) is 9.15. The number of halogens is 1. The molecule has 4 rings (SSSR count). The molecule has 0 aliphatic heterocycles. The van der Waals surface area contributed by atoms with Crippen LogP contribution in [0.25, 0.3) is 22.7 Å². The predicted octanol–water partition coefficient (Wildman–Crippen LogP) is 5.36. The van der Waals surface area contributed by atoms with Crippen molar-refractivity contribution in [1.82, 2.24) is 9.55 Å². The number of allylic oxidation sites excluding steroid dienone is 1. The molecule has 1 heterocycles. The third kappa shape index (κ3) is 4.02. The molecule has 142 valence electrons. The van der Waals surface area contributed by atoms with Gasteiger partial charge in [0.2, 0.25) is 0 Å². The summed E-state index contributed by atoms with van der Waals surface area (Å²) in [4.78, 5) is 4.59. The van der Waals surface area contributed by atoms with Gasteiger partial charge < -0.3 is 9.30 Å². The highest BCUT2D eigenvalue weighted by Gasteiger charge is 2.11. The predicted molar refractivity (Wildman–Crippen MR) is 111 cm³/mol.